The third-order valence-electron chi connectivity index (χ3n) is 1.95. The van der Waals surface area contributed by atoms with Crippen molar-refractivity contribution in [1.29, 1.82) is 0 Å². The van der Waals surface area contributed by atoms with Crippen LogP contribution in [-0.2, 0) is 29.0 Å². The van der Waals surface area contributed by atoms with Crippen LogP contribution in [-0.4, -0.2) is 36.7 Å². The van der Waals surface area contributed by atoms with E-state index in [1.54, 1.807) is 41.5 Å². The van der Waals surface area contributed by atoms with E-state index in [-0.39, 0.29) is 13.2 Å². The van der Waals surface area contributed by atoms with Gasteiger partial charge in [-0.2, -0.15) is 9.78 Å². The lowest BCUT2D eigenvalue weighted by Crippen LogP contribution is -2.25. The van der Waals surface area contributed by atoms with E-state index in [2.05, 4.69) is 42.9 Å². The van der Waals surface area contributed by atoms with Crippen LogP contribution in [0.3, 0.4) is 0 Å². The number of carbonyl (C=O) groups is 2. The van der Waals surface area contributed by atoms with Gasteiger partial charge in [0.1, 0.15) is 0 Å². The highest BCUT2D eigenvalue weighted by molar-refractivity contribution is 5.59. The van der Waals surface area contributed by atoms with Crippen molar-refractivity contribution in [2.45, 2.75) is 52.7 Å². The molecule has 0 amide bonds. The van der Waals surface area contributed by atoms with Crippen LogP contribution in [0.2, 0.25) is 0 Å². The Bertz CT molecular complexity index is 492. The number of rotatable bonds is 6. The third-order valence-corrected chi connectivity index (χ3v) is 1.95. The van der Waals surface area contributed by atoms with Crippen molar-refractivity contribution in [3.8, 4) is 23.7 Å². The standard InChI is InChI=1S/C16H22O8/c1-7-19-13(17)21-23-15(3,4)11-9-10-12-16(5,6)24-22-14(18)20-8-2/h7-8H2,1-6H3. The predicted octanol–water partition coefficient (Wildman–Crippen LogP) is 2.76. The largest absolute Gasteiger partial charge is 0.540 e. The van der Waals surface area contributed by atoms with E-state index in [0.717, 1.165) is 0 Å². The maximum absolute atomic E-state index is 11.0. The van der Waals surface area contributed by atoms with Crippen LogP contribution in [0.5, 0.6) is 0 Å². The molecule has 0 heterocycles. The second kappa shape index (κ2) is 10.4. The second-order valence-corrected chi connectivity index (χ2v) is 5.22. The molecule has 0 radical (unpaired) electrons. The quantitative estimate of drug-likeness (QED) is 0.315. The Balaban J connectivity index is 4.51. The van der Waals surface area contributed by atoms with Gasteiger partial charge in [0.25, 0.3) is 0 Å². The molecule has 0 aliphatic carbocycles. The van der Waals surface area contributed by atoms with E-state index in [0.29, 0.717) is 0 Å². The van der Waals surface area contributed by atoms with Gasteiger partial charge in [-0.25, -0.2) is 9.59 Å². The van der Waals surface area contributed by atoms with Crippen LogP contribution in [0.4, 0.5) is 9.59 Å². The lowest BCUT2D eigenvalue weighted by Gasteiger charge is -2.15. The van der Waals surface area contributed by atoms with Crippen LogP contribution >= 0.6 is 0 Å². The van der Waals surface area contributed by atoms with E-state index < -0.39 is 23.5 Å². The molecule has 0 rings (SSSR count). The molecule has 0 atom stereocenters. The molecule has 0 aromatic rings. The molecule has 0 fully saturated rings. The number of ether oxygens (including phenoxy) is 2. The summed E-state index contributed by atoms with van der Waals surface area (Å²) in [6, 6.07) is 0. The summed E-state index contributed by atoms with van der Waals surface area (Å²) >= 11 is 0. The lowest BCUT2D eigenvalue weighted by molar-refractivity contribution is -0.300. The van der Waals surface area contributed by atoms with Gasteiger partial charge in [-0.15, -0.1) is 0 Å². The van der Waals surface area contributed by atoms with Gasteiger partial charge in [-0.1, -0.05) is 0 Å². The molecule has 0 aromatic heterocycles. The summed E-state index contributed by atoms with van der Waals surface area (Å²) in [5, 5.41) is 0. The van der Waals surface area contributed by atoms with Gasteiger partial charge in [0.15, 0.2) is 11.2 Å². The second-order valence-electron chi connectivity index (χ2n) is 5.22. The van der Waals surface area contributed by atoms with Crippen molar-refractivity contribution in [2.24, 2.45) is 0 Å². The maximum atomic E-state index is 11.0. The van der Waals surface area contributed by atoms with Crippen LogP contribution in [0.25, 0.3) is 0 Å². The molecule has 0 saturated carbocycles. The average Bonchev–Trinajstić information content (AvgIpc) is 2.49. The molecule has 0 spiro atoms. The molecule has 0 aromatic carbocycles. The van der Waals surface area contributed by atoms with Crippen LogP contribution in [0, 0.1) is 23.7 Å². The molecule has 0 aliphatic heterocycles. The Morgan fingerprint density at radius 2 is 1.08 bits per heavy atom. The van der Waals surface area contributed by atoms with E-state index in [9.17, 15) is 9.59 Å². The lowest BCUT2D eigenvalue weighted by atomic mass is 10.1. The minimum atomic E-state index is -1.09. The number of carbonyl (C=O) groups excluding carboxylic acids is 2. The van der Waals surface area contributed by atoms with Crippen molar-refractivity contribution >= 4 is 12.3 Å². The first-order valence-electron chi connectivity index (χ1n) is 7.21. The topological polar surface area (TPSA) is 89.5 Å². The number of hydrogen-bond acceptors (Lipinski definition) is 8. The molecule has 0 saturated heterocycles. The highest BCUT2D eigenvalue weighted by atomic mass is 17.2. The fraction of sp³-hybridized carbons (Fsp3) is 0.625. The highest BCUT2D eigenvalue weighted by Gasteiger charge is 2.21. The van der Waals surface area contributed by atoms with E-state index in [1.807, 2.05) is 0 Å². The van der Waals surface area contributed by atoms with Gasteiger partial charge >= 0.3 is 12.3 Å². The van der Waals surface area contributed by atoms with Gasteiger partial charge in [0, 0.05) is 0 Å². The Labute approximate surface area is 141 Å². The summed E-state index contributed by atoms with van der Waals surface area (Å²) in [4.78, 5) is 40.6. The zero-order valence-corrected chi connectivity index (χ0v) is 14.7. The molecule has 134 valence electrons. The number of hydrogen-bond donors (Lipinski definition) is 0. The van der Waals surface area contributed by atoms with Crippen molar-refractivity contribution in [3.63, 3.8) is 0 Å². The molecule has 0 unspecified atom stereocenters. The van der Waals surface area contributed by atoms with Crippen LogP contribution < -0.4 is 0 Å². The van der Waals surface area contributed by atoms with Crippen molar-refractivity contribution in [3.05, 3.63) is 0 Å². The Morgan fingerprint density at radius 1 is 0.750 bits per heavy atom. The third kappa shape index (κ3) is 11.2. The van der Waals surface area contributed by atoms with Crippen molar-refractivity contribution in [1.82, 2.24) is 0 Å². The zero-order valence-electron chi connectivity index (χ0n) is 14.7. The summed E-state index contributed by atoms with van der Waals surface area (Å²) in [7, 11) is 0. The Morgan fingerprint density at radius 3 is 1.38 bits per heavy atom. The van der Waals surface area contributed by atoms with Gasteiger partial charge in [-0.05, 0) is 65.2 Å². The van der Waals surface area contributed by atoms with E-state index in [1.165, 1.54) is 0 Å². The first-order chi connectivity index (χ1) is 11.1. The molecular formula is C16H22O8. The van der Waals surface area contributed by atoms with Crippen LogP contribution in [0.1, 0.15) is 41.5 Å². The fourth-order valence-electron chi connectivity index (χ4n) is 0.965. The normalized spacial score (nSPS) is 10.4. The summed E-state index contributed by atoms with van der Waals surface area (Å²) in [6.07, 6.45) is -1.91. The van der Waals surface area contributed by atoms with Gasteiger partial charge < -0.3 is 9.47 Å². The first kappa shape index (κ1) is 21.6. The van der Waals surface area contributed by atoms with Gasteiger partial charge in [0.2, 0.25) is 0 Å². The minimum Gasteiger partial charge on any atom is -0.433 e. The maximum Gasteiger partial charge on any atom is 0.540 e. The molecule has 0 bridgehead atoms. The molecule has 8 heteroatoms. The summed E-state index contributed by atoms with van der Waals surface area (Å²) in [5.41, 5.74) is -2.18. The Kier molecular flexibility index (Phi) is 9.33. The van der Waals surface area contributed by atoms with Crippen molar-refractivity contribution in [2.75, 3.05) is 13.2 Å². The SMILES string of the molecule is CCOC(=O)OOC(C)(C)C#CC#CC(C)(C)OOC(=O)OCC. The summed E-state index contributed by atoms with van der Waals surface area (Å²) in [6.45, 7) is 9.91. The van der Waals surface area contributed by atoms with Gasteiger partial charge in [0.05, 0.1) is 13.2 Å². The monoisotopic (exact) mass is 342 g/mol. The smallest absolute Gasteiger partial charge is 0.433 e. The Hall–Kier alpha value is -2.42. The summed E-state index contributed by atoms with van der Waals surface area (Å²) in [5.74, 6) is 10.4. The molecule has 8 nitrogen and oxygen atoms in total. The highest BCUT2D eigenvalue weighted by Crippen LogP contribution is 2.09. The van der Waals surface area contributed by atoms with E-state index in [4.69, 9.17) is 9.78 Å². The van der Waals surface area contributed by atoms with Crippen LogP contribution in [0.15, 0.2) is 0 Å². The predicted molar refractivity (Wildman–Crippen MR) is 82.1 cm³/mol. The molecular weight excluding hydrogens is 320 g/mol. The minimum absolute atomic E-state index is 0.169. The summed E-state index contributed by atoms with van der Waals surface area (Å²) < 4.78 is 9.08. The van der Waals surface area contributed by atoms with E-state index >= 15 is 0 Å². The van der Waals surface area contributed by atoms with Gasteiger partial charge in [-0.3, -0.25) is 9.78 Å². The zero-order chi connectivity index (χ0) is 18.6. The van der Waals surface area contributed by atoms with Crippen molar-refractivity contribution < 1.29 is 38.6 Å². The molecule has 0 N–H and O–H groups in total. The fourth-order valence-corrected chi connectivity index (χ4v) is 0.965. The molecule has 0 aliphatic rings. The average molecular weight is 342 g/mol. The first-order valence-corrected chi connectivity index (χ1v) is 7.21. The molecule has 24 heavy (non-hydrogen) atoms.